The maximum absolute atomic E-state index is 6.20. The van der Waals surface area contributed by atoms with Crippen LogP contribution in [-0.4, -0.2) is 14.6 Å². The quantitative estimate of drug-likeness (QED) is 0.563. The van der Waals surface area contributed by atoms with Crippen molar-refractivity contribution in [3.63, 3.8) is 0 Å². The normalized spacial score (nSPS) is 11.4. The number of fused-ring (bicyclic) bond motifs is 3. The first-order valence-electron chi connectivity index (χ1n) is 6.28. The highest BCUT2D eigenvalue weighted by atomic mass is 35.5. The molecular weight excluding hydrogens is 274 g/mol. The van der Waals surface area contributed by atoms with Crippen LogP contribution in [0.3, 0.4) is 0 Å². The van der Waals surface area contributed by atoms with Gasteiger partial charge in [0, 0.05) is 11.4 Å². The Bertz CT molecular complexity index is 910. The molecule has 20 heavy (non-hydrogen) atoms. The van der Waals surface area contributed by atoms with Gasteiger partial charge in [-0.3, -0.25) is 0 Å². The maximum Gasteiger partial charge on any atom is 0.327 e. The van der Waals surface area contributed by atoms with Gasteiger partial charge in [0.25, 0.3) is 0 Å². The molecule has 2 aromatic heterocycles. The topological polar surface area (TPSA) is 43.3 Å². The van der Waals surface area contributed by atoms with Crippen LogP contribution in [-0.2, 0) is 6.42 Å². The highest BCUT2D eigenvalue weighted by molar-refractivity contribution is 6.31. The predicted octanol–water partition coefficient (Wildman–Crippen LogP) is 3.72. The van der Waals surface area contributed by atoms with Crippen LogP contribution in [0.2, 0.25) is 5.02 Å². The lowest BCUT2D eigenvalue weighted by Gasteiger charge is -2.01. The monoisotopic (exact) mass is 283 g/mol. The summed E-state index contributed by atoms with van der Waals surface area (Å²) in [4.78, 5) is 0. The predicted molar refractivity (Wildman–Crippen MR) is 77.0 cm³/mol. The molecule has 0 fully saturated rings. The highest BCUT2D eigenvalue weighted by Crippen LogP contribution is 2.23. The van der Waals surface area contributed by atoms with E-state index >= 15 is 0 Å². The van der Waals surface area contributed by atoms with Gasteiger partial charge in [0.15, 0.2) is 5.58 Å². The van der Waals surface area contributed by atoms with E-state index in [0.717, 1.165) is 27.5 Å². The molecule has 0 aliphatic heterocycles. The number of oxazole rings is 1. The molecule has 0 aliphatic carbocycles. The summed E-state index contributed by atoms with van der Waals surface area (Å²) in [5, 5.41) is 9.02. The van der Waals surface area contributed by atoms with Crippen molar-refractivity contribution in [1.82, 2.24) is 14.6 Å². The first-order chi connectivity index (χ1) is 9.83. The molecule has 2 heterocycles. The fourth-order valence-electron chi connectivity index (χ4n) is 2.36. The SMILES string of the molecule is Clc1ccccc1Cc1nnc2oc3ccccc3n12. The van der Waals surface area contributed by atoms with Gasteiger partial charge in [0.2, 0.25) is 0 Å². The first kappa shape index (κ1) is 11.5. The molecule has 0 radical (unpaired) electrons. The smallest absolute Gasteiger partial charge is 0.327 e. The molecule has 4 aromatic rings. The van der Waals surface area contributed by atoms with Crippen molar-refractivity contribution >= 4 is 28.5 Å². The number of para-hydroxylation sites is 2. The van der Waals surface area contributed by atoms with Crippen LogP contribution in [0, 0.1) is 0 Å². The number of hydrogen-bond acceptors (Lipinski definition) is 3. The second kappa shape index (κ2) is 4.35. The molecule has 0 bridgehead atoms. The number of rotatable bonds is 2. The lowest BCUT2D eigenvalue weighted by atomic mass is 10.1. The number of aromatic nitrogens is 3. The van der Waals surface area contributed by atoms with Crippen LogP contribution >= 0.6 is 11.6 Å². The van der Waals surface area contributed by atoms with E-state index in [2.05, 4.69) is 10.2 Å². The molecule has 0 amide bonds. The van der Waals surface area contributed by atoms with Crippen LogP contribution in [0.15, 0.2) is 52.9 Å². The van der Waals surface area contributed by atoms with Gasteiger partial charge in [-0.05, 0) is 23.8 Å². The highest BCUT2D eigenvalue weighted by Gasteiger charge is 2.14. The zero-order valence-corrected chi connectivity index (χ0v) is 11.2. The molecular formula is C15H10ClN3O. The molecule has 0 saturated heterocycles. The zero-order chi connectivity index (χ0) is 13.5. The molecule has 0 aliphatic rings. The number of nitrogens with zero attached hydrogens (tertiary/aromatic N) is 3. The first-order valence-corrected chi connectivity index (χ1v) is 6.66. The summed E-state index contributed by atoms with van der Waals surface area (Å²) in [6, 6.07) is 15.6. The van der Waals surface area contributed by atoms with E-state index in [1.165, 1.54) is 0 Å². The van der Waals surface area contributed by atoms with Gasteiger partial charge in [-0.25, -0.2) is 4.40 Å². The van der Waals surface area contributed by atoms with Crippen LogP contribution in [0.25, 0.3) is 16.9 Å². The Morgan fingerprint density at radius 2 is 1.80 bits per heavy atom. The zero-order valence-electron chi connectivity index (χ0n) is 10.5. The standard InChI is InChI=1S/C15H10ClN3O/c16-11-6-2-1-5-10(11)9-14-17-18-15-19(14)12-7-3-4-8-13(12)20-15/h1-8H,9H2. The van der Waals surface area contributed by atoms with Gasteiger partial charge in [0.1, 0.15) is 5.82 Å². The number of halogens is 1. The second-order valence-electron chi connectivity index (χ2n) is 4.57. The summed E-state index contributed by atoms with van der Waals surface area (Å²) in [6.45, 7) is 0. The fraction of sp³-hybridized carbons (Fsp3) is 0.0667. The summed E-state index contributed by atoms with van der Waals surface area (Å²) >= 11 is 6.20. The Labute approximate surface area is 119 Å². The minimum atomic E-state index is 0.508. The molecule has 4 rings (SSSR count). The molecule has 0 saturated carbocycles. The van der Waals surface area contributed by atoms with Gasteiger partial charge in [-0.2, -0.15) is 0 Å². The third-order valence-corrected chi connectivity index (χ3v) is 3.68. The largest absolute Gasteiger partial charge is 0.422 e. The van der Waals surface area contributed by atoms with Crippen molar-refractivity contribution in [2.75, 3.05) is 0 Å². The Morgan fingerprint density at radius 3 is 2.70 bits per heavy atom. The van der Waals surface area contributed by atoms with E-state index in [1.807, 2.05) is 52.9 Å². The lowest BCUT2D eigenvalue weighted by Crippen LogP contribution is -1.96. The average Bonchev–Trinajstić information content (AvgIpc) is 3.01. The van der Waals surface area contributed by atoms with Crippen LogP contribution in [0.1, 0.15) is 11.4 Å². The minimum absolute atomic E-state index is 0.508. The van der Waals surface area contributed by atoms with Gasteiger partial charge >= 0.3 is 5.84 Å². The van der Waals surface area contributed by atoms with E-state index < -0.39 is 0 Å². The third-order valence-electron chi connectivity index (χ3n) is 3.31. The summed E-state index contributed by atoms with van der Waals surface area (Å²) in [5.41, 5.74) is 2.79. The van der Waals surface area contributed by atoms with E-state index in [0.29, 0.717) is 12.3 Å². The molecule has 4 nitrogen and oxygen atoms in total. The van der Waals surface area contributed by atoms with Gasteiger partial charge in [-0.15, -0.1) is 5.10 Å². The average molecular weight is 284 g/mol. The summed E-state index contributed by atoms with van der Waals surface area (Å²) in [6.07, 6.45) is 0.615. The molecule has 0 atom stereocenters. The van der Waals surface area contributed by atoms with Crippen molar-refractivity contribution in [3.05, 3.63) is 64.9 Å². The van der Waals surface area contributed by atoms with Gasteiger partial charge in [0.05, 0.1) is 5.52 Å². The van der Waals surface area contributed by atoms with Gasteiger partial charge in [-0.1, -0.05) is 47.0 Å². The molecule has 0 spiro atoms. The summed E-state index contributed by atoms with van der Waals surface area (Å²) in [5.74, 6) is 1.33. The molecule has 0 N–H and O–H groups in total. The fourth-order valence-corrected chi connectivity index (χ4v) is 2.56. The van der Waals surface area contributed by atoms with Crippen LogP contribution in [0.5, 0.6) is 0 Å². The van der Waals surface area contributed by atoms with E-state index in [-0.39, 0.29) is 0 Å². The Morgan fingerprint density at radius 1 is 1.00 bits per heavy atom. The molecule has 0 unspecified atom stereocenters. The van der Waals surface area contributed by atoms with E-state index in [9.17, 15) is 0 Å². The van der Waals surface area contributed by atoms with Crippen molar-refractivity contribution in [3.8, 4) is 0 Å². The third kappa shape index (κ3) is 1.69. The summed E-state index contributed by atoms with van der Waals surface area (Å²) < 4.78 is 7.59. The molecule has 98 valence electrons. The van der Waals surface area contributed by atoms with Crippen molar-refractivity contribution < 1.29 is 4.42 Å². The van der Waals surface area contributed by atoms with Crippen LogP contribution in [0.4, 0.5) is 0 Å². The number of benzene rings is 2. The van der Waals surface area contributed by atoms with Crippen molar-refractivity contribution in [2.45, 2.75) is 6.42 Å². The second-order valence-corrected chi connectivity index (χ2v) is 4.98. The lowest BCUT2D eigenvalue weighted by molar-refractivity contribution is 0.637. The van der Waals surface area contributed by atoms with Crippen molar-refractivity contribution in [1.29, 1.82) is 0 Å². The number of hydrogen-bond donors (Lipinski definition) is 0. The summed E-state index contributed by atoms with van der Waals surface area (Å²) in [7, 11) is 0. The van der Waals surface area contributed by atoms with Gasteiger partial charge < -0.3 is 4.42 Å². The maximum atomic E-state index is 6.20. The molecule has 2 aromatic carbocycles. The van der Waals surface area contributed by atoms with E-state index in [4.69, 9.17) is 16.0 Å². The Kier molecular flexibility index (Phi) is 2.50. The Balaban J connectivity index is 1.90. The van der Waals surface area contributed by atoms with Crippen molar-refractivity contribution in [2.24, 2.45) is 0 Å². The molecule has 5 heteroatoms. The Hall–Kier alpha value is -2.33. The minimum Gasteiger partial charge on any atom is -0.422 e. The van der Waals surface area contributed by atoms with E-state index in [1.54, 1.807) is 0 Å². The van der Waals surface area contributed by atoms with Crippen LogP contribution < -0.4 is 0 Å².